The summed E-state index contributed by atoms with van der Waals surface area (Å²) in [6.07, 6.45) is 0. The van der Waals surface area contributed by atoms with E-state index < -0.39 is 0 Å². The SMILES string of the molecule is CNCC(C)(C)COc1cc2sc(C)nc2c2sccc12. The molecule has 0 radical (unpaired) electrons. The topological polar surface area (TPSA) is 34.1 Å². The molecule has 2 aromatic heterocycles. The minimum absolute atomic E-state index is 0.107. The molecule has 3 rings (SSSR count). The van der Waals surface area contributed by atoms with Gasteiger partial charge in [-0.3, -0.25) is 0 Å². The van der Waals surface area contributed by atoms with E-state index >= 15 is 0 Å². The van der Waals surface area contributed by atoms with Crippen LogP contribution in [0.3, 0.4) is 0 Å². The number of benzene rings is 1. The van der Waals surface area contributed by atoms with Crippen LogP contribution in [0.5, 0.6) is 5.75 Å². The summed E-state index contributed by atoms with van der Waals surface area (Å²) in [5.41, 5.74) is 1.22. The van der Waals surface area contributed by atoms with Crippen LogP contribution < -0.4 is 10.1 Å². The van der Waals surface area contributed by atoms with E-state index in [1.807, 2.05) is 7.05 Å². The maximum absolute atomic E-state index is 6.16. The summed E-state index contributed by atoms with van der Waals surface area (Å²) in [6, 6.07) is 4.28. The maximum Gasteiger partial charge on any atom is 0.129 e. The summed E-state index contributed by atoms with van der Waals surface area (Å²) in [4.78, 5) is 4.66. The highest BCUT2D eigenvalue weighted by Gasteiger charge is 2.19. The third-order valence-corrected chi connectivity index (χ3v) is 5.28. The molecule has 0 atom stereocenters. The summed E-state index contributed by atoms with van der Waals surface area (Å²) in [5, 5.41) is 7.62. The summed E-state index contributed by atoms with van der Waals surface area (Å²) in [6.45, 7) is 8.11. The van der Waals surface area contributed by atoms with Gasteiger partial charge in [0.2, 0.25) is 0 Å². The Hall–Kier alpha value is -1.17. The molecular formula is C16H20N2OS2. The molecule has 1 N–H and O–H groups in total. The van der Waals surface area contributed by atoms with Gasteiger partial charge in [0.05, 0.1) is 26.5 Å². The first-order valence-electron chi connectivity index (χ1n) is 7.05. The molecule has 0 unspecified atom stereocenters. The Bertz CT molecular complexity index is 773. The standard InChI is InChI=1S/C16H20N2OS2/c1-10-18-14-13(21-10)7-12(11-5-6-20-15(11)14)19-9-16(2,3)8-17-4/h5-7,17H,8-9H2,1-4H3. The molecule has 0 aliphatic rings. The fourth-order valence-electron chi connectivity index (χ4n) is 2.51. The molecule has 0 saturated carbocycles. The number of thiazole rings is 1. The van der Waals surface area contributed by atoms with Crippen LogP contribution in [0.2, 0.25) is 0 Å². The molecule has 0 fully saturated rings. The number of aromatic nitrogens is 1. The average Bonchev–Trinajstić information content (AvgIpc) is 3.00. The van der Waals surface area contributed by atoms with E-state index in [1.165, 1.54) is 14.8 Å². The van der Waals surface area contributed by atoms with Crippen LogP contribution in [0.1, 0.15) is 18.9 Å². The predicted octanol–water partition coefficient (Wildman–Crippen LogP) is 4.44. The number of thiophene rings is 1. The van der Waals surface area contributed by atoms with Crippen molar-refractivity contribution in [2.45, 2.75) is 20.8 Å². The molecule has 0 aliphatic heterocycles. The molecule has 0 aliphatic carbocycles. The fraction of sp³-hybridized carbons (Fsp3) is 0.438. The van der Waals surface area contributed by atoms with Gasteiger partial charge < -0.3 is 10.1 Å². The summed E-state index contributed by atoms with van der Waals surface area (Å²) >= 11 is 3.47. The van der Waals surface area contributed by atoms with Gasteiger partial charge in [0.15, 0.2) is 0 Å². The molecule has 0 bridgehead atoms. The van der Waals surface area contributed by atoms with Gasteiger partial charge in [0, 0.05) is 23.4 Å². The number of ether oxygens (including phenoxy) is 1. The minimum atomic E-state index is 0.107. The quantitative estimate of drug-likeness (QED) is 0.754. The molecule has 0 amide bonds. The van der Waals surface area contributed by atoms with Crippen LogP contribution in [-0.2, 0) is 0 Å². The lowest BCUT2D eigenvalue weighted by Gasteiger charge is -2.24. The van der Waals surface area contributed by atoms with Crippen molar-refractivity contribution >= 4 is 43.0 Å². The Balaban J connectivity index is 1.98. The van der Waals surface area contributed by atoms with E-state index in [-0.39, 0.29) is 5.41 Å². The molecule has 5 heteroatoms. The lowest BCUT2D eigenvalue weighted by atomic mass is 9.95. The normalized spacial score (nSPS) is 12.4. The van der Waals surface area contributed by atoms with Crippen LogP contribution in [0, 0.1) is 12.3 Å². The van der Waals surface area contributed by atoms with Crippen molar-refractivity contribution < 1.29 is 4.74 Å². The second-order valence-electron chi connectivity index (χ2n) is 6.10. The largest absolute Gasteiger partial charge is 0.492 e. The number of aryl methyl sites for hydroxylation is 1. The van der Waals surface area contributed by atoms with E-state index in [0.29, 0.717) is 6.61 Å². The van der Waals surface area contributed by atoms with Crippen LogP contribution >= 0.6 is 22.7 Å². The highest BCUT2D eigenvalue weighted by molar-refractivity contribution is 7.21. The molecular weight excluding hydrogens is 300 g/mol. The van der Waals surface area contributed by atoms with Gasteiger partial charge in [0.25, 0.3) is 0 Å². The van der Waals surface area contributed by atoms with Crippen molar-refractivity contribution in [2.75, 3.05) is 20.2 Å². The van der Waals surface area contributed by atoms with Gasteiger partial charge >= 0.3 is 0 Å². The molecule has 3 aromatic rings. The van der Waals surface area contributed by atoms with Crippen molar-refractivity contribution in [3.8, 4) is 5.75 Å². The Kier molecular flexibility index (Phi) is 3.90. The Labute approximate surface area is 133 Å². The van der Waals surface area contributed by atoms with Crippen LogP contribution in [0.4, 0.5) is 0 Å². The van der Waals surface area contributed by atoms with E-state index in [9.17, 15) is 0 Å². The van der Waals surface area contributed by atoms with E-state index in [0.717, 1.165) is 22.8 Å². The maximum atomic E-state index is 6.16. The van der Waals surface area contributed by atoms with E-state index in [1.54, 1.807) is 22.7 Å². The van der Waals surface area contributed by atoms with E-state index in [2.05, 4.69) is 48.6 Å². The smallest absolute Gasteiger partial charge is 0.129 e. The van der Waals surface area contributed by atoms with Crippen LogP contribution in [-0.4, -0.2) is 25.2 Å². The van der Waals surface area contributed by atoms with Crippen molar-refractivity contribution in [3.63, 3.8) is 0 Å². The highest BCUT2D eigenvalue weighted by atomic mass is 32.1. The third-order valence-electron chi connectivity index (χ3n) is 3.44. The lowest BCUT2D eigenvalue weighted by Crippen LogP contribution is -2.32. The number of nitrogens with zero attached hydrogens (tertiary/aromatic N) is 1. The van der Waals surface area contributed by atoms with Crippen molar-refractivity contribution in [1.82, 2.24) is 10.3 Å². The predicted molar refractivity (Wildman–Crippen MR) is 92.9 cm³/mol. The second-order valence-corrected chi connectivity index (χ2v) is 8.25. The number of hydrogen-bond donors (Lipinski definition) is 1. The van der Waals surface area contributed by atoms with Gasteiger partial charge in [-0.1, -0.05) is 13.8 Å². The van der Waals surface area contributed by atoms with E-state index in [4.69, 9.17) is 4.74 Å². The molecule has 1 aromatic carbocycles. The molecule has 112 valence electrons. The van der Waals surface area contributed by atoms with Gasteiger partial charge in [0.1, 0.15) is 5.75 Å². The number of rotatable bonds is 5. The minimum Gasteiger partial charge on any atom is -0.492 e. The lowest BCUT2D eigenvalue weighted by molar-refractivity contribution is 0.181. The van der Waals surface area contributed by atoms with Gasteiger partial charge in [-0.15, -0.1) is 22.7 Å². The van der Waals surface area contributed by atoms with Crippen LogP contribution in [0.25, 0.3) is 20.3 Å². The zero-order valence-corrected chi connectivity index (χ0v) is 14.5. The first-order chi connectivity index (χ1) is 10.00. The highest BCUT2D eigenvalue weighted by Crippen LogP contribution is 2.39. The number of fused-ring (bicyclic) bond motifs is 3. The molecule has 21 heavy (non-hydrogen) atoms. The summed E-state index contributed by atoms with van der Waals surface area (Å²) < 4.78 is 8.60. The molecule has 0 saturated heterocycles. The fourth-order valence-corrected chi connectivity index (χ4v) is 4.34. The Morgan fingerprint density at radius 3 is 2.95 bits per heavy atom. The zero-order valence-electron chi connectivity index (χ0n) is 12.8. The monoisotopic (exact) mass is 320 g/mol. The van der Waals surface area contributed by atoms with Crippen LogP contribution in [0.15, 0.2) is 17.5 Å². The summed E-state index contributed by atoms with van der Waals surface area (Å²) in [7, 11) is 1.98. The zero-order chi connectivity index (χ0) is 15.0. The summed E-state index contributed by atoms with van der Waals surface area (Å²) in [5.74, 6) is 0.978. The average molecular weight is 320 g/mol. The Morgan fingerprint density at radius 2 is 2.19 bits per heavy atom. The number of hydrogen-bond acceptors (Lipinski definition) is 5. The van der Waals surface area contributed by atoms with Gasteiger partial charge in [-0.2, -0.15) is 0 Å². The van der Waals surface area contributed by atoms with Crippen molar-refractivity contribution in [1.29, 1.82) is 0 Å². The first kappa shape index (κ1) is 14.8. The molecule has 0 spiro atoms. The number of nitrogens with one attached hydrogen (secondary N) is 1. The molecule has 2 heterocycles. The Morgan fingerprint density at radius 1 is 1.38 bits per heavy atom. The van der Waals surface area contributed by atoms with Gasteiger partial charge in [-0.25, -0.2) is 4.98 Å². The third kappa shape index (κ3) is 2.91. The first-order valence-corrected chi connectivity index (χ1v) is 8.74. The van der Waals surface area contributed by atoms with Gasteiger partial charge in [-0.05, 0) is 25.4 Å². The van der Waals surface area contributed by atoms with Crippen molar-refractivity contribution in [2.24, 2.45) is 5.41 Å². The molecule has 3 nitrogen and oxygen atoms in total. The second kappa shape index (κ2) is 5.55. The van der Waals surface area contributed by atoms with Crippen molar-refractivity contribution in [3.05, 3.63) is 22.5 Å².